The molecule has 1 saturated heterocycles. The van der Waals surface area contributed by atoms with Crippen LogP contribution >= 0.6 is 0 Å². The Morgan fingerprint density at radius 1 is 1.54 bits per heavy atom. The van der Waals surface area contributed by atoms with Gasteiger partial charge in [-0.3, -0.25) is 9.19 Å². The predicted molar refractivity (Wildman–Crippen MR) is 49.7 cm³/mol. The van der Waals surface area contributed by atoms with E-state index in [0.29, 0.717) is 5.03 Å². The van der Waals surface area contributed by atoms with E-state index in [-0.39, 0.29) is 5.25 Å². The van der Waals surface area contributed by atoms with Crippen LogP contribution in [0.4, 0.5) is 0 Å². The fraction of sp³-hybridized carbons (Fsp3) is 0.500. The zero-order chi connectivity index (χ0) is 9.10. The lowest BCUT2D eigenvalue weighted by atomic mass is 10.4. The fourth-order valence-electron chi connectivity index (χ4n) is 1.37. The highest BCUT2D eigenvalue weighted by Gasteiger charge is 2.22. The molecular weight excluding hydrogens is 186 g/mol. The molecule has 0 bridgehead atoms. The number of hydrogen-bond donors (Lipinski definition) is 1. The second-order valence-electron chi connectivity index (χ2n) is 2.96. The van der Waals surface area contributed by atoms with Gasteiger partial charge in [0.05, 0.1) is 22.2 Å². The second kappa shape index (κ2) is 3.93. The molecule has 2 rings (SSSR count). The maximum absolute atomic E-state index is 11.8. The third kappa shape index (κ3) is 1.92. The molecule has 0 radical (unpaired) electrons. The van der Waals surface area contributed by atoms with Crippen LogP contribution in [-0.4, -0.2) is 32.5 Å². The predicted octanol–water partition coefficient (Wildman–Crippen LogP) is -0.0539. The topological polar surface area (TPSA) is 54.9 Å². The lowest BCUT2D eigenvalue weighted by molar-refractivity contribution is 0.668. The average molecular weight is 197 g/mol. The van der Waals surface area contributed by atoms with Crippen LogP contribution in [0.3, 0.4) is 0 Å². The van der Waals surface area contributed by atoms with E-state index in [2.05, 4.69) is 15.3 Å². The van der Waals surface area contributed by atoms with Gasteiger partial charge in [-0.25, -0.2) is 4.98 Å². The van der Waals surface area contributed by atoms with E-state index in [0.717, 1.165) is 19.5 Å². The Hall–Kier alpha value is -0.810. The summed E-state index contributed by atoms with van der Waals surface area (Å²) in [6, 6.07) is 0. The Morgan fingerprint density at radius 2 is 2.46 bits per heavy atom. The third-order valence-corrected chi connectivity index (χ3v) is 3.69. The molecule has 0 aliphatic carbocycles. The van der Waals surface area contributed by atoms with Crippen molar-refractivity contribution in [3.8, 4) is 0 Å². The van der Waals surface area contributed by atoms with Crippen molar-refractivity contribution in [2.24, 2.45) is 0 Å². The molecule has 5 heteroatoms. The van der Waals surface area contributed by atoms with Crippen molar-refractivity contribution in [3.63, 3.8) is 0 Å². The number of hydrogen-bond acceptors (Lipinski definition) is 4. The molecular formula is C8H11N3OS. The van der Waals surface area contributed by atoms with E-state index < -0.39 is 10.8 Å². The SMILES string of the molecule is O=S(c1cnccn1)C1CCNC1. The van der Waals surface area contributed by atoms with Gasteiger partial charge in [-0.15, -0.1) is 0 Å². The molecule has 0 spiro atoms. The molecule has 0 amide bonds. The highest BCUT2D eigenvalue weighted by molar-refractivity contribution is 7.85. The first-order valence-corrected chi connectivity index (χ1v) is 5.46. The van der Waals surface area contributed by atoms with Gasteiger partial charge in [-0.1, -0.05) is 0 Å². The summed E-state index contributed by atoms with van der Waals surface area (Å²) in [7, 11) is -0.995. The number of nitrogens with zero attached hydrogens (tertiary/aromatic N) is 2. The molecule has 13 heavy (non-hydrogen) atoms. The van der Waals surface area contributed by atoms with Crippen molar-refractivity contribution in [2.45, 2.75) is 16.7 Å². The zero-order valence-electron chi connectivity index (χ0n) is 7.14. The van der Waals surface area contributed by atoms with Crippen LogP contribution in [0.15, 0.2) is 23.6 Å². The minimum absolute atomic E-state index is 0.205. The lowest BCUT2D eigenvalue weighted by Gasteiger charge is -2.05. The molecule has 70 valence electrons. The quantitative estimate of drug-likeness (QED) is 0.722. The van der Waals surface area contributed by atoms with E-state index in [1.54, 1.807) is 18.6 Å². The minimum atomic E-state index is -0.995. The molecule has 1 N–H and O–H groups in total. The molecule has 1 aliphatic heterocycles. The van der Waals surface area contributed by atoms with Crippen LogP contribution in [0, 0.1) is 0 Å². The summed E-state index contributed by atoms with van der Waals surface area (Å²) in [6.45, 7) is 1.78. The smallest absolute Gasteiger partial charge is 0.145 e. The summed E-state index contributed by atoms with van der Waals surface area (Å²) in [5, 5.41) is 3.98. The van der Waals surface area contributed by atoms with E-state index >= 15 is 0 Å². The highest BCUT2D eigenvalue weighted by Crippen LogP contribution is 2.12. The van der Waals surface area contributed by atoms with Crippen LogP contribution in [0.5, 0.6) is 0 Å². The molecule has 0 saturated carbocycles. The molecule has 1 aliphatic rings. The lowest BCUT2D eigenvalue weighted by Crippen LogP contribution is -2.19. The van der Waals surface area contributed by atoms with E-state index in [1.807, 2.05) is 0 Å². The Bertz CT molecular complexity index is 298. The molecule has 1 fully saturated rings. The van der Waals surface area contributed by atoms with E-state index in [4.69, 9.17) is 0 Å². The van der Waals surface area contributed by atoms with Gasteiger partial charge in [-0.2, -0.15) is 0 Å². The first kappa shape index (κ1) is 8.77. The summed E-state index contributed by atoms with van der Waals surface area (Å²) in [6.07, 6.45) is 5.71. The molecule has 0 aromatic carbocycles. The van der Waals surface area contributed by atoms with Crippen molar-refractivity contribution in [1.82, 2.24) is 15.3 Å². The fourth-order valence-corrected chi connectivity index (χ4v) is 2.64. The van der Waals surface area contributed by atoms with Gasteiger partial charge in [0.1, 0.15) is 5.03 Å². The Kier molecular flexibility index (Phi) is 2.65. The first-order chi connectivity index (χ1) is 6.38. The van der Waals surface area contributed by atoms with Gasteiger partial charge < -0.3 is 5.32 Å². The minimum Gasteiger partial charge on any atom is -0.315 e. The monoisotopic (exact) mass is 197 g/mol. The van der Waals surface area contributed by atoms with Crippen molar-refractivity contribution < 1.29 is 4.21 Å². The number of aromatic nitrogens is 2. The van der Waals surface area contributed by atoms with E-state index in [1.165, 1.54) is 0 Å². The molecule has 4 nitrogen and oxygen atoms in total. The van der Waals surface area contributed by atoms with Crippen molar-refractivity contribution in [3.05, 3.63) is 18.6 Å². The Balaban J connectivity index is 2.13. The van der Waals surface area contributed by atoms with Gasteiger partial charge in [0.15, 0.2) is 0 Å². The third-order valence-electron chi connectivity index (χ3n) is 2.06. The maximum atomic E-state index is 11.8. The Morgan fingerprint density at radius 3 is 3.08 bits per heavy atom. The van der Waals surface area contributed by atoms with Crippen LogP contribution in [0.1, 0.15) is 6.42 Å². The number of rotatable bonds is 2. The molecule has 1 aromatic rings. The standard InChI is InChI=1S/C8H11N3OS/c12-13(7-1-2-9-5-7)8-6-10-3-4-11-8/h3-4,6-7,9H,1-2,5H2. The number of nitrogens with one attached hydrogen (secondary N) is 1. The van der Waals surface area contributed by atoms with Crippen molar-refractivity contribution in [1.29, 1.82) is 0 Å². The van der Waals surface area contributed by atoms with Gasteiger partial charge in [-0.05, 0) is 13.0 Å². The van der Waals surface area contributed by atoms with Crippen molar-refractivity contribution >= 4 is 10.8 Å². The van der Waals surface area contributed by atoms with Gasteiger partial charge >= 0.3 is 0 Å². The van der Waals surface area contributed by atoms with Crippen LogP contribution in [0.25, 0.3) is 0 Å². The molecule has 2 unspecified atom stereocenters. The van der Waals surface area contributed by atoms with Gasteiger partial charge in [0, 0.05) is 18.9 Å². The van der Waals surface area contributed by atoms with Gasteiger partial charge in [0.25, 0.3) is 0 Å². The van der Waals surface area contributed by atoms with Crippen LogP contribution in [0.2, 0.25) is 0 Å². The largest absolute Gasteiger partial charge is 0.315 e. The maximum Gasteiger partial charge on any atom is 0.145 e. The summed E-state index contributed by atoms with van der Waals surface area (Å²) in [5.74, 6) is 0. The van der Waals surface area contributed by atoms with Crippen LogP contribution < -0.4 is 5.32 Å². The molecule has 2 atom stereocenters. The molecule has 2 heterocycles. The summed E-state index contributed by atoms with van der Waals surface area (Å²) in [5.41, 5.74) is 0. The van der Waals surface area contributed by atoms with Crippen LogP contribution in [-0.2, 0) is 10.8 Å². The van der Waals surface area contributed by atoms with E-state index in [9.17, 15) is 4.21 Å². The average Bonchev–Trinajstić information content (AvgIpc) is 2.71. The summed E-state index contributed by atoms with van der Waals surface area (Å²) in [4.78, 5) is 7.93. The van der Waals surface area contributed by atoms with Crippen molar-refractivity contribution in [2.75, 3.05) is 13.1 Å². The summed E-state index contributed by atoms with van der Waals surface area (Å²) >= 11 is 0. The summed E-state index contributed by atoms with van der Waals surface area (Å²) < 4.78 is 11.8. The zero-order valence-corrected chi connectivity index (χ0v) is 7.96. The van der Waals surface area contributed by atoms with Gasteiger partial charge in [0.2, 0.25) is 0 Å². The normalized spacial score (nSPS) is 24.5. The Labute approximate surface area is 79.2 Å². The molecule has 1 aromatic heterocycles. The highest BCUT2D eigenvalue weighted by atomic mass is 32.2. The second-order valence-corrected chi connectivity index (χ2v) is 4.64. The first-order valence-electron chi connectivity index (χ1n) is 4.25.